The van der Waals surface area contributed by atoms with Crippen molar-refractivity contribution in [3.63, 3.8) is 0 Å². The molecule has 0 aliphatic rings. The topological polar surface area (TPSA) is 92.5 Å². The predicted octanol–water partition coefficient (Wildman–Crippen LogP) is 0.956. The predicted molar refractivity (Wildman–Crippen MR) is 72.6 cm³/mol. The zero-order valence-electron chi connectivity index (χ0n) is 12.7. The molecule has 3 amide bonds. The third kappa shape index (κ3) is 4.98. The minimum Gasteiger partial charge on any atom is -0.342 e. The molecule has 0 bridgehead atoms. The quantitative estimate of drug-likeness (QED) is 0.452. The molecule has 6 heteroatoms. The maximum Gasteiger partial charge on any atom is 0.268 e. The summed E-state index contributed by atoms with van der Waals surface area (Å²) in [4.78, 5) is 35.6. The molecule has 0 atom stereocenters. The highest BCUT2D eigenvalue weighted by Gasteiger charge is 2.38. The summed E-state index contributed by atoms with van der Waals surface area (Å²) in [6.45, 7) is 9.94. The Morgan fingerprint density at radius 3 is 1.89 bits per heavy atom. The van der Waals surface area contributed by atoms with E-state index in [2.05, 4.69) is 5.32 Å². The maximum absolute atomic E-state index is 12.2. The second kappa shape index (κ2) is 6.14. The van der Waals surface area contributed by atoms with Gasteiger partial charge in [0.1, 0.15) is 5.54 Å². The lowest BCUT2D eigenvalue weighted by Gasteiger charge is -2.31. The summed E-state index contributed by atoms with van der Waals surface area (Å²) in [5.74, 6) is 4.21. The molecule has 0 fully saturated rings. The van der Waals surface area contributed by atoms with Crippen LogP contribution in [0.3, 0.4) is 0 Å². The number of nitrogens with one attached hydrogen (secondary N) is 1. The third-order valence-corrected chi connectivity index (χ3v) is 2.54. The van der Waals surface area contributed by atoms with Gasteiger partial charge in [0.15, 0.2) is 0 Å². The van der Waals surface area contributed by atoms with Gasteiger partial charge in [-0.05, 0) is 20.3 Å². The number of nitrogens with zero attached hydrogens (tertiary/aromatic N) is 1. The highest BCUT2D eigenvalue weighted by molar-refractivity contribution is 6.02. The first-order chi connectivity index (χ1) is 8.43. The Hall–Kier alpha value is -1.43. The van der Waals surface area contributed by atoms with Gasteiger partial charge in [0.25, 0.3) is 5.91 Å². The summed E-state index contributed by atoms with van der Waals surface area (Å²) in [6, 6.07) is 0. The zero-order valence-corrected chi connectivity index (χ0v) is 12.7. The molecule has 0 heterocycles. The van der Waals surface area contributed by atoms with Gasteiger partial charge in [-0.3, -0.25) is 14.4 Å². The molecular formula is C13H25N3O3. The first kappa shape index (κ1) is 17.6. The van der Waals surface area contributed by atoms with Gasteiger partial charge in [0.2, 0.25) is 11.8 Å². The number of carbonyl (C=O) groups excluding carboxylic acids is 3. The van der Waals surface area contributed by atoms with Crippen LogP contribution in [-0.4, -0.2) is 28.3 Å². The summed E-state index contributed by atoms with van der Waals surface area (Å²) >= 11 is 0. The van der Waals surface area contributed by atoms with E-state index in [0.717, 1.165) is 0 Å². The molecule has 0 radical (unpaired) electrons. The summed E-state index contributed by atoms with van der Waals surface area (Å²) in [7, 11) is 0. The fraction of sp³-hybridized carbons (Fsp3) is 0.769. The maximum atomic E-state index is 12.2. The van der Waals surface area contributed by atoms with E-state index >= 15 is 0 Å². The van der Waals surface area contributed by atoms with E-state index in [9.17, 15) is 14.4 Å². The van der Waals surface area contributed by atoms with Crippen LogP contribution in [0.2, 0.25) is 0 Å². The average Bonchev–Trinajstić information content (AvgIpc) is 2.24. The summed E-state index contributed by atoms with van der Waals surface area (Å²) < 4.78 is 0. The lowest BCUT2D eigenvalue weighted by molar-refractivity contribution is -0.154. The molecule has 110 valence electrons. The van der Waals surface area contributed by atoms with Crippen LogP contribution in [0, 0.1) is 5.41 Å². The number of carbonyl (C=O) groups is 3. The molecule has 0 saturated heterocycles. The van der Waals surface area contributed by atoms with Gasteiger partial charge in [0, 0.05) is 11.8 Å². The van der Waals surface area contributed by atoms with Crippen LogP contribution < -0.4 is 11.2 Å². The van der Waals surface area contributed by atoms with Gasteiger partial charge in [-0.1, -0.05) is 27.7 Å². The summed E-state index contributed by atoms with van der Waals surface area (Å²) in [5.41, 5.74) is -1.96. The van der Waals surface area contributed by atoms with E-state index in [-0.39, 0.29) is 5.91 Å². The Morgan fingerprint density at radius 1 is 1.05 bits per heavy atom. The van der Waals surface area contributed by atoms with Crippen molar-refractivity contribution in [2.75, 3.05) is 0 Å². The smallest absolute Gasteiger partial charge is 0.268 e. The Bertz CT molecular complexity index is 370. The average molecular weight is 271 g/mol. The fourth-order valence-electron chi connectivity index (χ4n) is 1.45. The fourth-order valence-corrected chi connectivity index (χ4v) is 1.45. The molecule has 0 rings (SSSR count). The van der Waals surface area contributed by atoms with E-state index in [1.165, 1.54) is 13.8 Å². The van der Waals surface area contributed by atoms with Crippen LogP contribution in [0.25, 0.3) is 0 Å². The second-order valence-electron chi connectivity index (χ2n) is 6.15. The summed E-state index contributed by atoms with van der Waals surface area (Å²) in [5, 5.41) is 3.17. The lowest BCUT2D eigenvalue weighted by atomic mass is 9.94. The van der Waals surface area contributed by atoms with Gasteiger partial charge in [0.05, 0.1) is 0 Å². The van der Waals surface area contributed by atoms with Crippen LogP contribution in [-0.2, 0) is 14.4 Å². The van der Waals surface area contributed by atoms with Crippen molar-refractivity contribution < 1.29 is 14.4 Å². The Kier molecular flexibility index (Phi) is 5.68. The number of imide groups is 1. The van der Waals surface area contributed by atoms with E-state index in [4.69, 9.17) is 5.84 Å². The second-order valence-corrected chi connectivity index (χ2v) is 6.15. The molecular weight excluding hydrogens is 246 g/mol. The third-order valence-electron chi connectivity index (χ3n) is 2.54. The first-order valence-electron chi connectivity index (χ1n) is 6.38. The minimum atomic E-state index is -1.21. The number of rotatable bonds is 4. The van der Waals surface area contributed by atoms with Crippen molar-refractivity contribution in [3.05, 3.63) is 0 Å². The van der Waals surface area contributed by atoms with Crippen LogP contribution in [0.15, 0.2) is 0 Å². The first-order valence-corrected chi connectivity index (χ1v) is 6.38. The Labute approximate surface area is 114 Å². The molecule has 0 saturated carbocycles. The van der Waals surface area contributed by atoms with Gasteiger partial charge >= 0.3 is 0 Å². The van der Waals surface area contributed by atoms with Crippen LogP contribution in [0.5, 0.6) is 0 Å². The van der Waals surface area contributed by atoms with Gasteiger partial charge in [-0.15, -0.1) is 0 Å². The molecule has 0 spiro atoms. The zero-order chi connectivity index (χ0) is 15.4. The van der Waals surface area contributed by atoms with Crippen molar-refractivity contribution >= 4 is 17.7 Å². The van der Waals surface area contributed by atoms with Crippen molar-refractivity contribution in [2.45, 2.75) is 59.9 Å². The highest BCUT2D eigenvalue weighted by Crippen LogP contribution is 2.18. The van der Waals surface area contributed by atoms with Gasteiger partial charge in [-0.2, -0.15) is 0 Å². The molecule has 3 N–H and O–H groups in total. The normalized spacial score (nSPS) is 11.9. The number of amides is 3. The molecule has 0 aromatic carbocycles. The highest BCUT2D eigenvalue weighted by atomic mass is 16.2. The van der Waals surface area contributed by atoms with Crippen molar-refractivity contribution in [1.29, 1.82) is 0 Å². The molecule has 0 unspecified atom stereocenters. The molecule has 6 nitrogen and oxygen atoms in total. The molecule has 0 aliphatic heterocycles. The van der Waals surface area contributed by atoms with Crippen molar-refractivity contribution in [2.24, 2.45) is 11.3 Å². The van der Waals surface area contributed by atoms with E-state index in [1.807, 2.05) is 6.92 Å². The number of hydrazine groups is 1. The van der Waals surface area contributed by atoms with E-state index in [0.29, 0.717) is 17.9 Å². The largest absolute Gasteiger partial charge is 0.342 e. The summed E-state index contributed by atoms with van der Waals surface area (Å²) in [6.07, 6.45) is 1.01. The monoisotopic (exact) mass is 271 g/mol. The van der Waals surface area contributed by atoms with Gasteiger partial charge < -0.3 is 5.32 Å². The molecule has 0 aromatic rings. The lowest BCUT2D eigenvalue weighted by Crippen LogP contribution is -2.61. The van der Waals surface area contributed by atoms with Crippen molar-refractivity contribution in [3.8, 4) is 0 Å². The Morgan fingerprint density at radius 2 is 1.53 bits per heavy atom. The van der Waals surface area contributed by atoms with Crippen LogP contribution in [0.1, 0.15) is 54.4 Å². The minimum absolute atomic E-state index is 0.238. The SMILES string of the molecule is CCCC(=O)NC(C)(C)C(=O)N(N)C(=O)C(C)(C)C. The van der Waals surface area contributed by atoms with Crippen LogP contribution in [0.4, 0.5) is 0 Å². The number of nitrogens with two attached hydrogens (primary N) is 1. The van der Waals surface area contributed by atoms with Crippen LogP contribution >= 0.6 is 0 Å². The number of hydrogen-bond donors (Lipinski definition) is 2. The van der Waals surface area contributed by atoms with E-state index in [1.54, 1.807) is 20.8 Å². The number of hydrogen-bond acceptors (Lipinski definition) is 4. The van der Waals surface area contributed by atoms with E-state index < -0.39 is 22.8 Å². The van der Waals surface area contributed by atoms with Crippen molar-refractivity contribution in [1.82, 2.24) is 10.3 Å². The Balaban J connectivity index is 4.89. The molecule has 0 aliphatic carbocycles. The standard InChI is InChI=1S/C13H25N3O3/c1-7-8-9(17)15-13(5,6)11(19)16(14)10(18)12(2,3)4/h7-8,14H2,1-6H3,(H,15,17). The molecule has 0 aromatic heterocycles. The van der Waals surface area contributed by atoms with Gasteiger partial charge in [-0.25, -0.2) is 10.9 Å². The molecule has 19 heavy (non-hydrogen) atoms.